The molecule has 3 nitrogen and oxygen atoms in total. The molecule has 0 bridgehead atoms. The molecular formula is C15H11ClF3N3. The maximum absolute atomic E-state index is 12.6. The predicted molar refractivity (Wildman–Crippen MR) is 79.7 cm³/mol. The number of aromatic nitrogens is 2. The zero-order valence-electron chi connectivity index (χ0n) is 11.2. The van der Waals surface area contributed by atoms with Crippen LogP contribution in [0.15, 0.2) is 42.7 Å². The number of anilines is 1. The predicted octanol–water partition coefficient (Wildman–Crippen LogP) is 4.34. The smallest absolute Gasteiger partial charge is 0.398 e. The second-order valence-electron chi connectivity index (χ2n) is 4.89. The van der Waals surface area contributed by atoms with E-state index in [1.807, 2.05) is 6.07 Å². The lowest BCUT2D eigenvalue weighted by molar-refractivity contribution is -0.137. The minimum Gasteiger partial charge on any atom is -0.398 e. The summed E-state index contributed by atoms with van der Waals surface area (Å²) in [6.07, 6.45) is -1.04. The molecule has 1 aromatic carbocycles. The normalized spacial score (nSPS) is 12.0. The van der Waals surface area contributed by atoms with Crippen LogP contribution in [0.1, 0.15) is 11.1 Å². The van der Waals surface area contributed by atoms with Crippen LogP contribution in [0.25, 0.3) is 11.0 Å². The van der Waals surface area contributed by atoms with Crippen molar-refractivity contribution < 1.29 is 13.2 Å². The lowest BCUT2D eigenvalue weighted by atomic mass is 10.1. The highest BCUT2D eigenvalue weighted by Gasteiger charge is 2.30. The van der Waals surface area contributed by atoms with E-state index in [1.54, 1.807) is 23.0 Å². The number of hydrogen-bond donors (Lipinski definition) is 1. The van der Waals surface area contributed by atoms with Gasteiger partial charge >= 0.3 is 6.18 Å². The Hall–Kier alpha value is -2.21. The minimum atomic E-state index is -4.40. The third-order valence-electron chi connectivity index (χ3n) is 3.42. The first kappa shape index (κ1) is 14.7. The molecular weight excluding hydrogens is 315 g/mol. The quantitative estimate of drug-likeness (QED) is 0.761. The molecule has 0 aliphatic rings. The fraction of sp³-hybridized carbons (Fsp3) is 0.133. The van der Waals surface area contributed by atoms with E-state index in [9.17, 15) is 13.2 Å². The average Bonchev–Trinajstić information content (AvgIpc) is 2.85. The second-order valence-corrected chi connectivity index (χ2v) is 5.29. The van der Waals surface area contributed by atoms with Gasteiger partial charge in [0, 0.05) is 28.5 Å². The maximum atomic E-state index is 12.6. The topological polar surface area (TPSA) is 43.8 Å². The van der Waals surface area contributed by atoms with Gasteiger partial charge in [0.2, 0.25) is 0 Å². The highest BCUT2D eigenvalue weighted by Crippen LogP contribution is 2.32. The van der Waals surface area contributed by atoms with Crippen molar-refractivity contribution in [3.63, 3.8) is 0 Å². The van der Waals surface area contributed by atoms with E-state index in [0.29, 0.717) is 23.4 Å². The summed E-state index contributed by atoms with van der Waals surface area (Å²) in [5.74, 6) is 0. The van der Waals surface area contributed by atoms with Crippen molar-refractivity contribution in [1.82, 2.24) is 9.55 Å². The van der Waals surface area contributed by atoms with Crippen molar-refractivity contribution >= 4 is 28.3 Å². The molecule has 0 amide bonds. The van der Waals surface area contributed by atoms with E-state index in [0.717, 1.165) is 17.5 Å². The number of pyridine rings is 1. The first-order valence-electron chi connectivity index (χ1n) is 6.41. The van der Waals surface area contributed by atoms with Gasteiger partial charge in [-0.15, -0.1) is 0 Å². The van der Waals surface area contributed by atoms with Crippen LogP contribution in [0.5, 0.6) is 0 Å². The second kappa shape index (κ2) is 5.21. The molecule has 3 aromatic rings. The number of hydrogen-bond acceptors (Lipinski definition) is 2. The highest BCUT2D eigenvalue weighted by molar-refractivity contribution is 6.31. The number of nitrogens with two attached hydrogens (primary N) is 1. The number of alkyl halides is 3. The Morgan fingerprint density at radius 2 is 1.95 bits per heavy atom. The molecule has 2 N–H and O–H groups in total. The van der Waals surface area contributed by atoms with Gasteiger partial charge in [-0.25, -0.2) is 4.98 Å². The number of benzene rings is 1. The van der Waals surface area contributed by atoms with Gasteiger partial charge in [0.1, 0.15) is 5.65 Å². The van der Waals surface area contributed by atoms with Crippen molar-refractivity contribution in [1.29, 1.82) is 0 Å². The molecule has 0 saturated heterocycles. The van der Waals surface area contributed by atoms with E-state index < -0.39 is 11.7 Å². The first-order chi connectivity index (χ1) is 10.4. The largest absolute Gasteiger partial charge is 0.416 e. The van der Waals surface area contributed by atoms with Gasteiger partial charge in [-0.2, -0.15) is 13.2 Å². The lowest BCUT2D eigenvalue weighted by Crippen LogP contribution is -2.06. The van der Waals surface area contributed by atoms with Crippen molar-refractivity contribution in [2.45, 2.75) is 12.7 Å². The van der Waals surface area contributed by atoms with E-state index in [1.165, 1.54) is 6.07 Å². The van der Waals surface area contributed by atoms with Crippen LogP contribution in [0, 0.1) is 0 Å². The molecule has 0 fully saturated rings. The fourth-order valence-corrected chi connectivity index (χ4v) is 2.51. The summed E-state index contributed by atoms with van der Waals surface area (Å²) in [4.78, 5) is 4.24. The molecule has 2 aromatic heterocycles. The van der Waals surface area contributed by atoms with E-state index in [2.05, 4.69) is 4.98 Å². The van der Waals surface area contributed by atoms with Crippen molar-refractivity contribution in [2.75, 3.05) is 5.73 Å². The summed E-state index contributed by atoms with van der Waals surface area (Å²) < 4.78 is 39.7. The van der Waals surface area contributed by atoms with Crippen LogP contribution < -0.4 is 5.73 Å². The van der Waals surface area contributed by atoms with Crippen LogP contribution in [-0.2, 0) is 12.7 Å². The average molecular weight is 326 g/mol. The zero-order chi connectivity index (χ0) is 15.9. The van der Waals surface area contributed by atoms with Crippen LogP contribution in [-0.4, -0.2) is 9.55 Å². The Morgan fingerprint density at radius 3 is 2.64 bits per heavy atom. The molecule has 0 saturated carbocycles. The molecule has 0 aliphatic carbocycles. The van der Waals surface area contributed by atoms with Gasteiger partial charge in [0.15, 0.2) is 0 Å². The molecule has 114 valence electrons. The Bertz CT molecular complexity index is 840. The molecule has 2 heterocycles. The zero-order valence-corrected chi connectivity index (χ0v) is 12.0. The van der Waals surface area contributed by atoms with Crippen LogP contribution >= 0.6 is 11.6 Å². The first-order valence-corrected chi connectivity index (χ1v) is 6.79. The maximum Gasteiger partial charge on any atom is 0.416 e. The number of rotatable bonds is 2. The lowest BCUT2D eigenvalue weighted by Gasteiger charge is -2.11. The van der Waals surface area contributed by atoms with Gasteiger partial charge in [0.05, 0.1) is 12.1 Å². The van der Waals surface area contributed by atoms with Crippen molar-refractivity contribution in [2.24, 2.45) is 0 Å². The van der Waals surface area contributed by atoms with Crippen LogP contribution in [0.2, 0.25) is 5.02 Å². The molecule has 0 spiro atoms. The Morgan fingerprint density at radius 1 is 1.18 bits per heavy atom. The molecule has 0 unspecified atom stereocenters. The van der Waals surface area contributed by atoms with E-state index in [-0.39, 0.29) is 5.02 Å². The van der Waals surface area contributed by atoms with Gasteiger partial charge in [-0.3, -0.25) is 0 Å². The molecule has 0 aliphatic heterocycles. The molecule has 7 heteroatoms. The van der Waals surface area contributed by atoms with E-state index >= 15 is 0 Å². The third-order valence-corrected chi connectivity index (χ3v) is 3.77. The fourth-order valence-electron chi connectivity index (χ4n) is 2.27. The third kappa shape index (κ3) is 2.62. The number of nitrogens with zero attached hydrogens (tertiary/aromatic N) is 2. The molecule has 22 heavy (non-hydrogen) atoms. The molecule has 0 atom stereocenters. The summed E-state index contributed by atoms with van der Waals surface area (Å²) in [5, 5.41) is 0.867. The SMILES string of the molecule is Nc1ccnc2c1ccn2Cc1ccc(C(F)(F)F)cc1Cl. The molecule has 0 radical (unpaired) electrons. The number of nitrogen functional groups attached to an aromatic ring is 1. The monoisotopic (exact) mass is 325 g/mol. The summed E-state index contributed by atoms with van der Waals surface area (Å²) in [7, 11) is 0. The molecule has 3 rings (SSSR count). The van der Waals surface area contributed by atoms with Crippen molar-refractivity contribution in [3.8, 4) is 0 Å². The van der Waals surface area contributed by atoms with Gasteiger partial charge in [-0.1, -0.05) is 17.7 Å². The van der Waals surface area contributed by atoms with Gasteiger partial charge in [-0.05, 0) is 29.8 Å². The Kier molecular flexibility index (Phi) is 3.48. The number of fused-ring (bicyclic) bond motifs is 1. The highest BCUT2D eigenvalue weighted by atomic mass is 35.5. The minimum absolute atomic E-state index is 0.0700. The summed E-state index contributed by atoms with van der Waals surface area (Å²) in [6, 6.07) is 6.84. The van der Waals surface area contributed by atoms with Gasteiger partial charge < -0.3 is 10.3 Å². The summed E-state index contributed by atoms with van der Waals surface area (Å²) in [6.45, 7) is 0.316. The summed E-state index contributed by atoms with van der Waals surface area (Å²) >= 11 is 5.98. The Labute approximate surface area is 129 Å². The standard InChI is InChI=1S/C15H11ClF3N3/c16-12-7-10(15(17,18)19)2-1-9(12)8-22-6-4-11-13(20)3-5-21-14(11)22/h1-7H,8H2,(H2,20,21). The van der Waals surface area contributed by atoms with Crippen LogP contribution in [0.3, 0.4) is 0 Å². The van der Waals surface area contributed by atoms with E-state index in [4.69, 9.17) is 17.3 Å². The van der Waals surface area contributed by atoms with Crippen LogP contribution in [0.4, 0.5) is 18.9 Å². The Balaban J connectivity index is 1.97. The number of halogens is 4. The van der Waals surface area contributed by atoms with Gasteiger partial charge in [0.25, 0.3) is 0 Å². The summed E-state index contributed by atoms with van der Waals surface area (Å²) in [5.41, 5.74) is 6.94. The van der Waals surface area contributed by atoms with Crippen molar-refractivity contribution in [3.05, 3.63) is 58.9 Å².